The smallest absolute Gasteiger partial charge is 0.271 e. The molecule has 0 saturated carbocycles. The molecule has 0 radical (unpaired) electrons. The molecule has 0 heterocycles. The van der Waals surface area contributed by atoms with Crippen molar-refractivity contribution in [3.05, 3.63) is 58.1 Å². The summed E-state index contributed by atoms with van der Waals surface area (Å²) in [5.41, 5.74) is 1.28. The van der Waals surface area contributed by atoms with Gasteiger partial charge in [-0.05, 0) is 35.6 Å². The fourth-order valence-corrected chi connectivity index (χ4v) is 2.64. The summed E-state index contributed by atoms with van der Waals surface area (Å²) < 4.78 is 11.0. The zero-order valence-electron chi connectivity index (χ0n) is 16.8. The van der Waals surface area contributed by atoms with E-state index < -0.39 is 16.9 Å². The van der Waals surface area contributed by atoms with Crippen LogP contribution in [0.2, 0.25) is 0 Å². The molecule has 0 fully saturated rings. The maximum Gasteiger partial charge on any atom is 0.271 e. The number of carbonyl (C=O) groups excluding carboxylic acids is 1. The second-order valence-corrected chi connectivity index (χ2v) is 7.42. The van der Waals surface area contributed by atoms with Gasteiger partial charge in [0, 0.05) is 12.1 Å². The molecule has 1 atom stereocenters. The van der Waals surface area contributed by atoms with Gasteiger partial charge in [0.1, 0.15) is 11.5 Å². The Kier molecular flexibility index (Phi) is 6.62. The summed E-state index contributed by atoms with van der Waals surface area (Å²) in [6.07, 6.45) is -0.311. The number of nitro benzene ring substituents is 1. The van der Waals surface area contributed by atoms with E-state index in [0.717, 1.165) is 0 Å². The Hall–Kier alpha value is -3.09. The Balaban J connectivity index is 2.16. The fourth-order valence-electron chi connectivity index (χ4n) is 2.64. The van der Waals surface area contributed by atoms with Gasteiger partial charge >= 0.3 is 0 Å². The van der Waals surface area contributed by atoms with E-state index in [0.29, 0.717) is 17.9 Å². The molecule has 2 aromatic rings. The number of benzene rings is 2. The van der Waals surface area contributed by atoms with Gasteiger partial charge in [-0.1, -0.05) is 39.8 Å². The number of non-ortho nitro benzene ring substituents is 1. The SMILES string of the molecule is CC[C@H](Oc1ccc(C(C)(C)C)cc1)C(=O)Nc1cc([N+](=O)[O-])ccc1OC. The zero-order valence-corrected chi connectivity index (χ0v) is 16.8. The molecule has 1 N–H and O–H groups in total. The van der Waals surface area contributed by atoms with Crippen LogP contribution in [0.5, 0.6) is 11.5 Å². The first-order valence-electron chi connectivity index (χ1n) is 9.06. The van der Waals surface area contributed by atoms with Crippen LogP contribution in [-0.2, 0) is 10.2 Å². The second kappa shape index (κ2) is 8.73. The predicted octanol–water partition coefficient (Wildman–Crippen LogP) is 4.70. The van der Waals surface area contributed by atoms with Gasteiger partial charge in [-0.25, -0.2) is 0 Å². The monoisotopic (exact) mass is 386 g/mol. The van der Waals surface area contributed by atoms with E-state index in [-0.39, 0.29) is 16.8 Å². The molecule has 0 aromatic heterocycles. The van der Waals surface area contributed by atoms with E-state index >= 15 is 0 Å². The summed E-state index contributed by atoms with van der Waals surface area (Å²) in [5.74, 6) is 0.519. The van der Waals surface area contributed by atoms with Crippen molar-refractivity contribution < 1.29 is 19.2 Å². The van der Waals surface area contributed by atoms with E-state index in [1.165, 1.54) is 30.9 Å². The molecule has 0 saturated heterocycles. The fraction of sp³-hybridized carbons (Fsp3) is 0.381. The summed E-state index contributed by atoms with van der Waals surface area (Å²) in [6, 6.07) is 11.7. The van der Waals surface area contributed by atoms with Crippen LogP contribution in [0.4, 0.5) is 11.4 Å². The third-order valence-electron chi connectivity index (χ3n) is 4.31. The molecule has 2 rings (SSSR count). The number of ether oxygens (including phenoxy) is 2. The lowest BCUT2D eigenvalue weighted by molar-refractivity contribution is -0.384. The lowest BCUT2D eigenvalue weighted by atomic mass is 9.87. The quantitative estimate of drug-likeness (QED) is 0.550. The van der Waals surface area contributed by atoms with Crippen LogP contribution in [0.15, 0.2) is 42.5 Å². The van der Waals surface area contributed by atoms with Crippen LogP contribution >= 0.6 is 0 Å². The second-order valence-electron chi connectivity index (χ2n) is 7.42. The standard InChI is InChI=1S/C21H26N2O5/c1-6-18(28-16-10-7-14(8-11-16)21(2,3)4)20(24)22-17-13-15(23(25)26)9-12-19(17)27-5/h7-13,18H,6H2,1-5H3,(H,22,24)/t18-/m0/s1. The number of nitro groups is 1. The number of methoxy groups -OCH3 is 1. The normalized spacial score (nSPS) is 12.2. The Labute approximate surface area is 164 Å². The minimum absolute atomic E-state index is 0.0264. The van der Waals surface area contributed by atoms with Gasteiger partial charge in [0.2, 0.25) is 0 Å². The van der Waals surface area contributed by atoms with Gasteiger partial charge in [-0.3, -0.25) is 14.9 Å². The summed E-state index contributed by atoms with van der Waals surface area (Å²) in [6.45, 7) is 8.20. The Morgan fingerprint density at radius 1 is 1.18 bits per heavy atom. The molecule has 0 aliphatic carbocycles. The van der Waals surface area contributed by atoms with Crippen molar-refractivity contribution in [2.45, 2.75) is 45.6 Å². The van der Waals surface area contributed by atoms with Crippen molar-refractivity contribution in [2.24, 2.45) is 0 Å². The molecular weight excluding hydrogens is 360 g/mol. The summed E-state index contributed by atoms with van der Waals surface area (Å²) in [7, 11) is 1.43. The lowest BCUT2D eigenvalue weighted by Gasteiger charge is -2.21. The highest BCUT2D eigenvalue weighted by molar-refractivity contribution is 5.96. The number of nitrogens with zero attached hydrogens (tertiary/aromatic N) is 1. The van der Waals surface area contributed by atoms with E-state index in [2.05, 4.69) is 26.1 Å². The molecule has 0 unspecified atom stereocenters. The van der Waals surface area contributed by atoms with Crippen LogP contribution in [0, 0.1) is 10.1 Å². The largest absolute Gasteiger partial charge is 0.495 e. The van der Waals surface area contributed by atoms with Crippen LogP contribution < -0.4 is 14.8 Å². The van der Waals surface area contributed by atoms with Crippen LogP contribution in [0.1, 0.15) is 39.7 Å². The molecule has 2 aromatic carbocycles. The number of nitrogens with one attached hydrogen (secondary N) is 1. The van der Waals surface area contributed by atoms with E-state index in [1.807, 2.05) is 31.2 Å². The molecule has 7 nitrogen and oxygen atoms in total. The highest BCUT2D eigenvalue weighted by atomic mass is 16.6. The summed E-state index contributed by atoms with van der Waals surface area (Å²) in [5, 5.41) is 13.7. The molecule has 28 heavy (non-hydrogen) atoms. The van der Waals surface area contributed by atoms with E-state index in [4.69, 9.17) is 9.47 Å². The minimum atomic E-state index is -0.746. The summed E-state index contributed by atoms with van der Waals surface area (Å²) >= 11 is 0. The predicted molar refractivity (Wildman–Crippen MR) is 108 cm³/mol. The van der Waals surface area contributed by atoms with Crippen LogP contribution in [0.3, 0.4) is 0 Å². The molecule has 7 heteroatoms. The van der Waals surface area contributed by atoms with Gasteiger partial charge in [-0.15, -0.1) is 0 Å². The molecule has 0 spiro atoms. The van der Waals surface area contributed by atoms with Crippen LogP contribution in [0.25, 0.3) is 0 Å². The third kappa shape index (κ3) is 5.22. The van der Waals surface area contributed by atoms with E-state index in [1.54, 1.807) is 0 Å². The number of hydrogen-bond donors (Lipinski definition) is 1. The van der Waals surface area contributed by atoms with Gasteiger partial charge in [-0.2, -0.15) is 0 Å². The molecule has 150 valence electrons. The lowest BCUT2D eigenvalue weighted by Crippen LogP contribution is -2.32. The minimum Gasteiger partial charge on any atom is -0.495 e. The first kappa shape index (κ1) is 21.2. The maximum atomic E-state index is 12.7. The van der Waals surface area contributed by atoms with Gasteiger partial charge in [0.05, 0.1) is 17.7 Å². The maximum absolute atomic E-state index is 12.7. The topological polar surface area (TPSA) is 90.7 Å². The number of anilines is 1. The van der Waals surface area contributed by atoms with E-state index in [9.17, 15) is 14.9 Å². The first-order chi connectivity index (χ1) is 13.2. The number of carbonyl (C=O) groups is 1. The molecule has 0 aliphatic heterocycles. The average molecular weight is 386 g/mol. The molecule has 1 amide bonds. The van der Waals surface area contributed by atoms with Crippen molar-refractivity contribution in [3.63, 3.8) is 0 Å². The zero-order chi connectivity index (χ0) is 20.9. The van der Waals surface area contributed by atoms with Crippen molar-refractivity contribution >= 4 is 17.3 Å². The molecular formula is C21H26N2O5. The molecule has 0 bridgehead atoms. The Morgan fingerprint density at radius 2 is 1.82 bits per heavy atom. The van der Waals surface area contributed by atoms with Gasteiger partial charge < -0.3 is 14.8 Å². The third-order valence-corrected chi connectivity index (χ3v) is 4.31. The molecule has 0 aliphatic rings. The highest BCUT2D eigenvalue weighted by Gasteiger charge is 2.22. The first-order valence-corrected chi connectivity index (χ1v) is 9.06. The van der Waals surface area contributed by atoms with Crippen LogP contribution in [-0.4, -0.2) is 24.0 Å². The van der Waals surface area contributed by atoms with Crippen molar-refractivity contribution in [1.82, 2.24) is 0 Å². The summed E-state index contributed by atoms with van der Waals surface area (Å²) in [4.78, 5) is 23.1. The number of rotatable bonds is 7. The highest BCUT2D eigenvalue weighted by Crippen LogP contribution is 2.29. The Morgan fingerprint density at radius 3 is 2.32 bits per heavy atom. The van der Waals surface area contributed by atoms with Crippen molar-refractivity contribution in [3.8, 4) is 11.5 Å². The number of hydrogen-bond acceptors (Lipinski definition) is 5. The van der Waals surface area contributed by atoms with Gasteiger partial charge in [0.15, 0.2) is 6.10 Å². The number of amides is 1. The van der Waals surface area contributed by atoms with Crippen molar-refractivity contribution in [2.75, 3.05) is 12.4 Å². The Bertz CT molecular complexity index is 841. The van der Waals surface area contributed by atoms with Gasteiger partial charge in [0.25, 0.3) is 11.6 Å². The average Bonchev–Trinajstić information content (AvgIpc) is 2.65. The van der Waals surface area contributed by atoms with Crippen molar-refractivity contribution in [1.29, 1.82) is 0 Å².